The Hall–Kier alpha value is -2.06. The van der Waals surface area contributed by atoms with E-state index in [4.69, 9.17) is 0 Å². The number of nitrogens with one attached hydrogen (secondary N) is 2. The van der Waals surface area contributed by atoms with E-state index in [1.54, 1.807) is 12.1 Å². The van der Waals surface area contributed by atoms with Crippen LogP contribution < -0.4 is 15.4 Å². The second-order valence-corrected chi connectivity index (χ2v) is 6.50. The molecule has 0 spiro atoms. The number of hydrogen-bond acceptors (Lipinski definition) is 5. The molecule has 8 heteroatoms. The molecule has 1 amide bonds. The average Bonchev–Trinajstić information content (AvgIpc) is 2.94. The number of amides is 1. The minimum Gasteiger partial charge on any atom is -0.435 e. The summed E-state index contributed by atoms with van der Waals surface area (Å²) in [4.78, 5) is 16.6. The van der Waals surface area contributed by atoms with Crippen LogP contribution in [0.3, 0.4) is 0 Å². The van der Waals surface area contributed by atoms with Crippen molar-refractivity contribution in [1.29, 1.82) is 0 Å². The highest BCUT2D eigenvalue weighted by Gasteiger charge is 2.29. The zero-order valence-electron chi connectivity index (χ0n) is 13.0. The maximum Gasteiger partial charge on any atom is 0.387 e. The summed E-state index contributed by atoms with van der Waals surface area (Å²) in [5.41, 5.74) is 1.45. The number of hydrogen-bond donors (Lipinski definition) is 2. The van der Waals surface area contributed by atoms with Gasteiger partial charge in [0.1, 0.15) is 5.75 Å². The molecule has 2 N–H and O–H groups in total. The molecule has 0 bridgehead atoms. The fourth-order valence-corrected chi connectivity index (χ4v) is 3.09. The first-order valence-electron chi connectivity index (χ1n) is 7.55. The number of alkyl halides is 2. The molecule has 128 valence electrons. The number of nitrogens with zero attached hydrogens (tertiary/aromatic N) is 1. The molecule has 1 atom stereocenters. The minimum atomic E-state index is -2.84. The molecule has 0 saturated carbocycles. The van der Waals surface area contributed by atoms with E-state index in [0.29, 0.717) is 16.7 Å². The summed E-state index contributed by atoms with van der Waals surface area (Å²) in [6, 6.07) is 6.23. The molecule has 2 heterocycles. The summed E-state index contributed by atoms with van der Waals surface area (Å²) >= 11 is 1.33. The Morgan fingerprint density at radius 2 is 2.08 bits per heavy atom. The van der Waals surface area contributed by atoms with Gasteiger partial charge in [-0.05, 0) is 43.3 Å². The lowest BCUT2D eigenvalue weighted by Crippen LogP contribution is -2.48. The molecule has 1 aliphatic heterocycles. The fourth-order valence-electron chi connectivity index (χ4n) is 2.37. The summed E-state index contributed by atoms with van der Waals surface area (Å²) in [5.74, 6) is 0.361. The van der Waals surface area contributed by atoms with Crippen LogP contribution >= 0.6 is 11.3 Å². The second-order valence-electron chi connectivity index (χ2n) is 5.64. The largest absolute Gasteiger partial charge is 0.435 e. The number of thiazole rings is 1. The monoisotopic (exact) mass is 353 g/mol. The molecule has 1 saturated heterocycles. The maximum absolute atomic E-state index is 12.2. The molecule has 1 fully saturated rings. The fraction of sp³-hybridized carbons (Fsp3) is 0.375. The third kappa shape index (κ3) is 3.88. The van der Waals surface area contributed by atoms with Gasteiger partial charge in [-0.2, -0.15) is 8.78 Å². The van der Waals surface area contributed by atoms with Crippen LogP contribution in [0.4, 0.5) is 13.9 Å². The number of aromatic nitrogens is 1. The Kier molecular flexibility index (Phi) is 5.06. The summed E-state index contributed by atoms with van der Waals surface area (Å²) in [6.45, 7) is 0.803. The molecule has 24 heavy (non-hydrogen) atoms. The second kappa shape index (κ2) is 7.23. The van der Waals surface area contributed by atoms with E-state index in [0.717, 1.165) is 18.7 Å². The van der Waals surface area contributed by atoms with Crippen LogP contribution in [0.25, 0.3) is 11.3 Å². The Balaban J connectivity index is 1.63. The quantitative estimate of drug-likeness (QED) is 0.837. The van der Waals surface area contributed by atoms with Gasteiger partial charge in [-0.15, -0.1) is 11.3 Å². The van der Waals surface area contributed by atoms with Gasteiger partial charge < -0.3 is 15.4 Å². The number of anilines is 1. The first kappa shape index (κ1) is 16.8. The molecule has 1 aromatic carbocycles. The third-order valence-corrected chi connectivity index (χ3v) is 4.80. The van der Waals surface area contributed by atoms with Crippen molar-refractivity contribution in [2.45, 2.75) is 13.5 Å². The zero-order chi connectivity index (χ0) is 17.1. The molecule has 2 aromatic rings. The van der Waals surface area contributed by atoms with E-state index in [-0.39, 0.29) is 17.6 Å². The lowest BCUT2D eigenvalue weighted by molar-refractivity contribution is -0.121. The highest BCUT2D eigenvalue weighted by Crippen LogP contribution is 2.27. The van der Waals surface area contributed by atoms with Crippen molar-refractivity contribution in [2.24, 2.45) is 11.8 Å². The molecule has 1 aliphatic rings. The van der Waals surface area contributed by atoms with Gasteiger partial charge in [-0.1, -0.05) is 6.92 Å². The maximum atomic E-state index is 12.2. The molecular formula is C16H17F2N3O2S. The standard InChI is InChI=1S/C16H17F2N3O2S/c1-9(11-6-19-7-11)14(22)21-16-20-13(8-24-16)10-2-4-12(5-3-10)23-15(17)18/h2-5,8-9,11,15,19H,6-7H2,1H3,(H,20,21,22). The van der Waals surface area contributed by atoms with Crippen molar-refractivity contribution in [3.05, 3.63) is 29.6 Å². The first-order valence-corrected chi connectivity index (χ1v) is 8.43. The minimum absolute atomic E-state index is 0.0388. The van der Waals surface area contributed by atoms with E-state index < -0.39 is 6.61 Å². The first-order chi connectivity index (χ1) is 11.5. The summed E-state index contributed by atoms with van der Waals surface area (Å²) < 4.78 is 28.6. The van der Waals surface area contributed by atoms with E-state index >= 15 is 0 Å². The van der Waals surface area contributed by atoms with Crippen molar-refractivity contribution in [3.8, 4) is 17.0 Å². The number of carbonyl (C=O) groups excluding carboxylic acids is 1. The smallest absolute Gasteiger partial charge is 0.387 e. The molecule has 0 aliphatic carbocycles. The van der Waals surface area contributed by atoms with Crippen molar-refractivity contribution in [3.63, 3.8) is 0 Å². The van der Waals surface area contributed by atoms with Crippen LogP contribution in [0.1, 0.15) is 6.92 Å². The van der Waals surface area contributed by atoms with Gasteiger partial charge in [-0.25, -0.2) is 4.98 Å². The van der Waals surface area contributed by atoms with Crippen LogP contribution in [-0.4, -0.2) is 30.6 Å². The van der Waals surface area contributed by atoms with Gasteiger partial charge in [0.05, 0.1) is 5.69 Å². The summed E-state index contributed by atoms with van der Waals surface area (Å²) in [7, 11) is 0. The number of halogens is 2. The van der Waals surface area contributed by atoms with Gasteiger partial charge >= 0.3 is 6.61 Å². The number of ether oxygens (including phenoxy) is 1. The van der Waals surface area contributed by atoms with Crippen molar-refractivity contribution >= 4 is 22.4 Å². The van der Waals surface area contributed by atoms with Gasteiger partial charge in [0.2, 0.25) is 5.91 Å². The number of carbonyl (C=O) groups is 1. The van der Waals surface area contributed by atoms with Crippen molar-refractivity contribution in [1.82, 2.24) is 10.3 Å². The lowest BCUT2D eigenvalue weighted by Gasteiger charge is -2.31. The Morgan fingerprint density at radius 1 is 1.38 bits per heavy atom. The molecule has 3 rings (SSSR count). The Labute approximate surface area is 142 Å². The summed E-state index contributed by atoms with van der Waals surface area (Å²) in [6.07, 6.45) is 0. The van der Waals surface area contributed by atoms with Crippen LogP contribution in [0.15, 0.2) is 29.6 Å². The molecule has 0 radical (unpaired) electrons. The van der Waals surface area contributed by atoms with Crippen molar-refractivity contribution in [2.75, 3.05) is 18.4 Å². The Morgan fingerprint density at radius 3 is 2.67 bits per heavy atom. The third-order valence-electron chi connectivity index (χ3n) is 4.04. The topological polar surface area (TPSA) is 63.2 Å². The van der Waals surface area contributed by atoms with Crippen LogP contribution in [-0.2, 0) is 4.79 Å². The Bertz CT molecular complexity index is 702. The summed E-state index contributed by atoms with van der Waals surface area (Å²) in [5, 5.41) is 8.33. The van der Waals surface area contributed by atoms with E-state index in [2.05, 4.69) is 20.4 Å². The van der Waals surface area contributed by atoms with Gasteiger partial charge in [0.25, 0.3) is 0 Å². The van der Waals surface area contributed by atoms with Crippen molar-refractivity contribution < 1.29 is 18.3 Å². The van der Waals surface area contributed by atoms with Gasteiger partial charge in [-0.3, -0.25) is 4.79 Å². The predicted molar refractivity (Wildman–Crippen MR) is 88.3 cm³/mol. The van der Waals surface area contributed by atoms with Gasteiger partial charge in [0, 0.05) is 16.9 Å². The molecule has 1 aromatic heterocycles. The normalized spacial score (nSPS) is 15.8. The molecular weight excluding hydrogens is 336 g/mol. The van der Waals surface area contributed by atoms with E-state index in [1.807, 2.05) is 12.3 Å². The molecule has 5 nitrogen and oxygen atoms in total. The average molecular weight is 353 g/mol. The number of benzene rings is 1. The van der Waals surface area contributed by atoms with Crippen LogP contribution in [0, 0.1) is 11.8 Å². The lowest BCUT2D eigenvalue weighted by atomic mass is 9.88. The number of rotatable bonds is 6. The highest BCUT2D eigenvalue weighted by atomic mass is 32.1. The van der Waals surface area contributed by atoms with E-state index in [1.165, 1.54) is 23.5 Å². The zero-order valence-corrected chi connectivity index (χ0v) is 13.8. The predicted octanol–water partition coefficient (Wildman–Crippen LogP) is 3.21. The van der Waals surface area contributed by atoms with Crippen LogP contribution in [0.5, 0.6) is 5.75 Å². The van der Waals surface area contributed by atoms with Gasteiger partial charge in [0.15, 0.2) is 5.13 Å². The highest BCUT2D eigenvalue weighted by molar-refractivity contribution is 7.14. The SMILES string of the molecule is CC(C(=O)Nc1nc(-c2ccc(OC(F)F)cc2)cs1)C1CNC1. The molecule has 1 unspecified atom stereocenters. The van der Waals surface area contributed by atoms with E-state index in [9.17, 15) is 13.6 Å². The van der Waals surface area contributed by atoms with Crippen LogP contribution in [0.2, 0.25) is 0 Å².